The number of likely N-dealkylation sites (tertiary alicyclic amines) is 1. The van der Waals surface area contributed by atoms with E-state index in [1.807, 2.05) is 12.1 Å². The van der Waals surface area contributed by atoms with E-state index in [9.17, 15) is 0 Å². The molecule has 0 radical (unpaired) electrons. The van der Waals surface area contributed by atoms with Crippen molar-refractivity contribution in [2.24, 2.45) is 0 Å². The zero-order chi connectivity index (χ0) is 22.3. The highest BCUT2D eigenvalue weighted by molar-refractivity contribution is 5.49. The summed E-state index contributed by atoms with van der Waals surface area (Å²) in [5, 5.41) is 3.39. The molecule has 2 aliphatic heterocycles. The molecule has 2 unspecified atom stereocenters. The number of hydrogen-bond donors (Lipinski definition) is 1. The largest absolute Gasteiger partial charge is 0.484 e. The summed E-state index contributed by atoms with van der Waals surface area (Å²) in [4.78, 5) is 17.9. The standard InChI is InChI=1S/C23H34N6O3/c1-17-16-24-11-13-29(17)21-23(27-10-9-25-21)31-15-14-30-20-7-4-8-26-22(20)32-18(2)19-6-5-12-28(19)3/h4,7-10,17-19,24H,5-6,11-16H2,1-3H3/t17-,18?,19?/m1/s1. The summed E-state index contributed by atoms with van der Waals surface area (Å²) in [6.07, 6.45) is 7.47. The molecule has 2 saturated heterocycles. The van der Waals surface area contributed by atoms with E-state index in [-0.39, 0.29) is 6.10 Å². The molecule has 174 valence electrons. The molecule has 9 nitrogen and oxygen atoms in total. The maximum atomic E-state index is 6.17. The summed E-state index contributed by atoms with van der Waals surface area (Å²) < 4.78 is 18.1. The molecule has 2 aromatic heterocycles. The average Bonchev–Trinajstić information content (AvgIpc) is 3.24. The van der Waals surface area contributed by atoms with Crippen molar-refractivity contribution >= 4 is 5.82 Å². The van der Waals surface area contributed by atoms with Gasteiger partial charge >= 0.3 is 0 Å². The Morgan fingerprint density at radius 2 is 1.91 bits per heavy atom. The normalized spacial score (nSPS) is 22.5. The molecular formula is C23H34N6O3. The number of aromatic nitrogens is 3. The first-order chi connectivity index (χ1) is 15.6. The third-order valence-electron chi connectivity index (χ3n) is 6.15. The van der Waals surface area contributed by atoms with Crippen molar-refractivity contribution in [2.45, 2.75) is 44.9 Å². The number of ether oxygens (including phenoxy) is 3. The van der Waals surface area contributed by atoms with E-state index in [4.69, 9.17) is 14.2 Å². The van der Waals surface area contributed by atoms with Gasteiger partial charge in [0, 0.05) is 50.3 Å². The van der Waals surface area contributed by atoms with Crippen molar-refractivity contribution in [3.63, 3.8) is 0 Å². The molecule has 0 amide bonds. The van der Waals surface area contributed by atoms with Crippen LogP contribution in [-0.4, -0.2) is 84.5 Å². The van der Waals surface area contributed by atoms with Gasteiger partial charge < -0.3 is 24.4 Å². The Kier molecular flexibility index (Phi) is 7.59. The van der Waals surface area contributed by atoms with Gasteiger partial charge in [-0.1, -0.05) is 0 Å². The molecule has 0 aromatic carbocycles. The molecule has 2 fully saturated rings. The summed E-state index contributed by atoms with van der Waals surface area (Å²) in [5.41, 5.74) is 0. The number of piperazine rings is 1. The first kappa shape index (κ1) is 22.5. The highest BCUT2D eigenvalue weighted by Crippen LogP contribution is 2.28. The Balaban J connectivity index is 1.32. The molecule has 3 atom stereocenters. The fourth-order valence-corrected chi connectivity index (χ4v) is 4.42. The van der Waals surface area contributed by atoms with Crippen LogP contribution >= 0.6 is 0 Å². The minimum Gasteiger partial charge on any atom is -0.484 e. The van der Waals surface area contributed by atoms with Gasteiger partial charge in [0.1, 0.15) is 19.3 Å². The molecule has 4 rings (SSSR count). The van der Waals surface area contributed by atoms with Gasteiger partial charge in [-0.2, -0.15) is 0 Å². The van der Waals surface area contributed by atoms with E-state index in [0.29, 0.717) is 42.8 Å². The number of nitrogens with zero attached hydrogens (tertiary/aromatic N) is 5. The second-order valence-electron chi connectivity index (χ2n) is 8.45. The van der Waals surface area contributed by atoms with Crippen molar-refractivity contribution in [3.8, 4) is 17.5 Å². The lowest BCUT2D eigenvalue weighted by Crippen LogP contribution is -2.50. The smallest absolute Gasteiger partial charge is 0.257 e. The molecule has 0 bridgehead atoms. The highest BCUT2D eigenvalue weighted by atomic mass is 16.5. The second kappa shape index (κ2) is 10.8. The maximum absolute atomic E-state index is 6.17. The van der Waals surface area contributed by atoms with Gasteiger partial charge in [0.25, 0.3) is 11.8 Å². The van der Waals surface area contributed by atoms with E-state index in [1.54, 1.807) is 18.6 Å². The quantitative estimate of drug-likeness (QED) is 0.586. The minimum atomic E-state index is 0.0409. The van der Waals surface area contributed by atoms with E-state index in [2.05, 4.69) is 51.0 Å². The van der Waals surface area contributed by atoms with Gasteiger partial charge in [0.2, 0.25) is 0 Å². The Morgan fingerprint density at radius 3 is 2.72 bits per heavy atom. The predicted octanol–water partition coefficient (Wildman–Crippen LogP) is 1.99. The number of rotatable bonds is 9. The van der Waals surface area contributed by atoms with Crippen molar-refractivity contribution in [2.75, 3.05) is 51.3 Å². The molecule has 1 N–H and O–H groups in total. The summed E-state index contributed by atoms with van der Waals surface area (Å²) in [6.45, 7) is 8.78. The molecule has 4 heterocycles. The predicted molar refractivity (Wildman–Crippen MR) is 123 cm³/mol. The molecule has 9 heteroatoms. The van der Waals surface area contributed by atoms with Crippen LogP contribution in [0, 0.1) is 0 Å². The van der Waals surface area contributed by atoms with Crippen molar-refractivity contribution in [1.29, 1.82) is 0 Å². The number of likely N-dealkylation sites (N-methyl/N-ethyl adjacent to an activating group) is 1. The van der Waals surface area contributed by atoms with E-state index >= 15 is 0 Å². The Labute approximate surface area is 190 Å². The molecule has 0 aliphatic carbocycles. The van der Waals surface area contributed by atoms with E-state index in [0.717, 1.165) is 38.4 Å². The fraction of sp³-hybridized carbons (Fsp3) is 0.609. The van der Waals surface area contributed by atoms with Crippen molar-refractivity contribution in [1.82, 2.24) is 25.2 Å². The van der Waals surface area contributed by atoms with Crippen LogP contribution in [0.15, 0.2) is 30.7 Å². The van der Waals surface area contributed by atoms with Gasteiger partial charge in [0.05, 0.1) is 0 Å². The second-order valence-corrected chi connectivity index (χ2v) is 8.45. The monoisotopic (exact) mass is 442 g/mol. The first-order valence-corrected chi connectivity index (χ1v) is 11.5. The van der Waals surface area contributed by atoms with Crippen LogP contribution in [0.2, 0.25) is 0 Å². The van der Waals surface area contributed by atoms with E-state index in [1.165, 1.54) is 6.42 Å². The zero-order valence-corrected chi connectivity index (χ0v) is 19.2. The van der Waals surface area contributed by atoms with Crippen LogP contribution in [0.5, 0.6) is 17.5 Å². The van der Waals surface area contributed by atoms with Gasteiger partial charge in [-0.15, -0.1) is 0 Å². The Hall–Kier alpha value is -2.65. The van der Waals surface area contributed by atoms with Crippen LogP contribution in [0.3, 0.4) is 0 Å². The SMILES string of the molecule is CC(Oc1ncccc1OCCOc1nccnc1N1CCNC[C@H]1C)C1CCCN1C. The third kappa shape index (κ3) is 5.39. The van der Waals surface area contributed by atoms with Gasteiger partial charge in [0.15, 0.2) is 11.6 Å². The van der Waals surface area contributed by atoms with Crippen LogP contribution < -0.4 is 24.4 Å². The molecule has 2 aliphatic rings. The topological polar surface area (TPSA) is 84.9 Å². The van der Waals surface area contributed by atoms with Crippen molar-refractivity contribution in [3.05, 3.63) is 30.7 Å². The van der Waals surface area contributed by atoms with Gasteiger partial charge in [-0.05, 0) is 52.4 Å². The summed E-state index contributed by atoms with van der Waals surface area (Å²) >= 11 is 0. The molecule has 32 heavy (non-hydrogen) atoms. The molecular weight excluding hydrogens is 408 g/mol. The highest BCUT2D eigenvalue weighted by Gasteiger charge is 2.28. The summed E-state index contributed by atoms with van der Waals surface area (Å²) in [7, 11) is 2.15. The first-order valence-electron chi connectivity index (χ1n) is 11.5. The van der Waals surface area contributed by atoms with Crippen molar-refractivity contribution < 1.29 is 14.2 Å². The van der Waals surface area contributed by atoms with Crippen LogP contribution in [0.4, 0.5) is 5.82 Å². The van der Waals surface area contributed by atoms with Crippen LogP contribution in [-0.2, 0) is 0 Å². The number of pyridine rings is 1. The molecule has 2 aromatic rings. The molecule has 0 saturated carbocycles. The average molecular weight is 443 g/mol. The fourth-order valence-electron chi connectivity index (χ4n) is 4.42. The summed E-state index contributed by atoms with van der Waals surface area (Å²) in [6, 6.07) is 4.46. The number of hydrogen-bond acceptors (Lipinski definition) is 9. The van der Waals surface area contributed by atoms with Gasteiger partial charge in [-0.25, -0.2) is 15.0 Å². The zero-order valence-electron chi connectivity index (χ0n) is 19.2. The minimum absolute atomic E-state index is 0.0409. The Bertz CT molecular complexity index is 869. The van der Waals surface area contributed by atoms with Crippen LogP contribution in [0.1, 0.15) is 26.7 Å². The van der Waals surface area contributed by atoms with E-state index < -0.39 is 0 Å². The number of anilines is 1. The number of nitrogens with one attached hydrogen (secondary N) is 1. The van der Waals surface area contributed by atoms with Crippen LogP contribution in [0.25, 0.3) is 0 Å². The van der Waals surface area contributed by atoms with Gasteiger partial charge in [-0.3, -0.25) is 4.90 Å². The third-order valence-corrected chi connectivity index (χ3v) is 6.15. The summed E-state index contributed by atoms with van der Waals surface area (Å²) in [5.74, 6) is 2.46. The molecule has 0 spiro atoms. The lowest BCUT2D eigenvalue weighted by atomic mass is 10.1. The Morgan fingerprint density at radius 1 is 1.09 bits per heavy atom. The lowest BCUT2D eigenvalue weighted by molar-refractivity contribution is 0.110. The maximum Gasteiger partial charge on any atom is 0.257 e. The lowest BCUT2D eigenvalue weighted by Gasteiger charge is -2.35.